The first-order valence-corrected chi connectivity index (χ1v) is 5.24. The van der Waals surface area contributed by atoms with Gasteiger partial charge in [-0.1, -0.05) is 15.9 Å². The van der Waals surface area contributed by atoms with Gasteiger partial charge >= 0.3 is 0 Å². The van der Waals surface area contributed by atoms with Crippen LogP contribution >= 0.6 is 29.4 Å². The summed E-state index contributed by atoms with van der Waals surface area (Å²) in [5.74, 6) is -0.563. The SMILES string of the molecule is N[C@@](CF)(CCO)c1cc(Br)ccc1F.S. The Morgan fingerprint density at radius 3 is 2.56 bits per heavy atom. The molecule has 0 saturated carbocycles. The summed E-state index contributed by atoms with van der Waals surface area (Å²) in [6.45, 7) is -1.20. The molecule has 6 heteroatoms. The molecule has 0 heterocycles. The summed E-state index contributed by atoms with van der Waals surface area (Å²) in [6.07, 6.45) is -0.0170. The van der Waals surface area contributed by atoms with E-state index in [4.69, 9.17) is 10.8 Å². The molecule has 0 aromatic heterocycles. The molecule has 16 heavy (non-hydrogen) atoms. The molecule has 92 valence electrons. The third kappa shape index (κ3) is 3.41. The van der Waals surface area contributed by atoms with Crippen LogP contribution in [-0.2, 0) is 5.54 Å². The molecule has 0 unspecified atom stereocenters. The van der Waals surface area contributed by atoms with Crippen LogP contribution in [0.15, 0.2) is 22.7 Å². The zero-order valence-electron chi connectivity index (χ0n) is 8.51. The van der Waals surface area contributed by atoms with Gasteiger partial charge in [0.15, 0.2) is 0 Å². The third-order valence-electron chi connectivity index (χ3n) is 2.26. The van der Waals surface area contributed by atoms with Gasteiger partial charge in [0, 0.05) is 16.6 Å². The Balaban J connectivity index is 0.00000225. The van der Waals surface area contributed by atoms with E-state index >= 15 is 0 Å². The van der Waals surface area contributed by atoms with Crippen molar-refractivity contribution in [3.8, 4) is 0 Å². The molecule has 0 aliphatic heterocycles. The fourth-order valence-electron chi connectivity index (χ4n) is 1.35. The molecule has 0 aliphatic carbocycles. The zero-order chi connectivity index (χ0) is 11.5. The Morgan fingerprint density at radius 1 is 1.44 bits per heavy atom. The zero-order valence-corrected chi connectivity index (χ0v) is 11.1. The summed E-state index contributed by atoms with van der Waals surface area (Å²) in [5, 5.41) is 8.77. The topological polar surface area (TPSA) is 46.2 Å². The fraction of sp³-hybridized carbons (Fsp3) is 0.400. The van der Waals surface area contributed by atoms with Crippen molar-refractivity contribution in [1.29, 1.82) is 0 Å². The Labute approximate surface area is 108 Å². The summed E-state index contributed by atoms with van der Waals surface area (Å²) in [6, 6.07) is 4.16. The molecular weight excluding hydrogens is 300 g/mol. The predicted molar refractivity (Wildman–Crippen MR) is 68.0 cm³/mol. The molecule has 0 aliphatic rings. The van der Waals surface area contributed by atoms with Crippen molar-refractivity contribution < 1.29 is 13.9 Å². The molecule has 1 atom stereocenters. The highest BCUT2D eigenvalue weighted by atomic mass is 79.9. The van der Waals surface area contributed by atoms with E-state index in [9.17, 15) is 8.78 Å². The van der Waals surface area contributed by atoms with Gasteiger partial charge < -0.3 is 10.8 Å². The first-order chi connectivity index (χ1) is 7.03. The van der Waals surface area contributed by atoms with Gasteiger partial charge in [-0.15, -0.1) is 0 Å². The average Bonchev–Trinajstić information content (AvgIpc) is 2.22. The second-order valence-corrected chi connectivity index (χ2v) is 4.30. The second-order valence-electron chi connectivity index (χ2n) is 3.39. The summed E-state index contributed by atoms with van der Waals surface area (Å²) < 4.78 is 26.9. The maximum atomic E-state index is 13.4. The number of rotatable bonds is 4. The molecule has 0 saturated heterocycles. The number of halogens is 3. The Bertz CT molecular complexity index is 354. The van der Waals surface area contributed by atoms with Crippen molar-refractivity contribution in [1.82, 2.24) is 0 Å². The molecule has 3 N–H and O–H groups in total. The third-order valence-corrected chi connectivity index (χ3v) is 2.75. The lowest BCUT2D eigenvalue weighted by Gasteiger charge is -2.26. The molecule has 0 fully saturated rings. The highest BCUT2D eigenvalue weighted by Crippen LogP contribution is 2.28. The van der Waals surface area contributed by atoms with E-state index in [1.54, 1.807) is 0 Å². The largest absolute Gasteiger partial charge is 0.396 e. The van der Waals surface area contributed by atoms with Crippen LogP contribution in [-0.4, -0.2) is 18.4 Å². The molecule has 2 nitrogen and oxygen atoms in total. The van der Waals surface area contributed by atoms with Gasteiger partial charge in [0.25, 0.3) is 0 Å². The number of aliphatic hydroxyl groups is 1. The van der Waals surface area contributed by atoms with E-state index in [2.05, 4.69) is 15.9 Å². The molecule has 1 rings (SSSR count). The second kappa shape index (κ2) is 6.54. The minimum atomic E-state index is -1.46. The van der Waals surface area contributed by atoms with E-state index in [0.29, 0.717) is 4.47 Å². The van der Waals surface area contributed by atoms with Crippen LogP contribution in [0.3, 0.4) is 0 Å². The molecule has 0 bridgehead atoms. The predicted octanol–water partition coefficient (Wildman–Crippen LogP) is 2.21. The van der Waals surface area contributed by atoms with Crippen molar-refractivity contribution >= 4 is 29.4 Å². The monoisotopic (exact) mass is 313 g/mol. The number of aliphatic hydroxyl groups excluding tert-OH is 1. The normalized spacial score (nSPS) is 14.1. The lowest BCUT2D eigenvalue weighted by atomic mass is 9.89. The van der Waals surface area contributed by atoms with Gasteiger partial charge in [-0.2, -0.15) is 13.5 Å². The van der Waals surface area contributed by atoms with Gasteiger partial charge in [0.05, 0.1) is 5.54 Å². The van der Waals surface area contributed by atoms with Crippen molar-refractivity contribution in [2.24, 2.45) is 5.73 Å². The summed E-state index contributed by atoms with van der Waals surface area (Å²) in [4.78, 5) is 0. The number of hydrogen-bond donors (Lipinski definition) is 2. The summed E-state index contributed by atoms with van der Waals surface area (Å²) in [7, 11) is 0. The van der Waals surface area contributed by atoms with Crippen LogP contribution in [0.25, 0.3) is 0 Å². The molecule has 1 aromatic rings. The number of alkyl halides is 1. The van der Waals surface area contributed by atoms with Crippen LogP contribution < -0.4 is 5.73 Å². The maximum Gasteiger partial charge on any atom is 0.128 e. The first kappa shape index (κ1) is 15.8. The van der Waals surface area contributed by atoms with E-state index in [0.717, 1.165) is 0 Å². The van der Waals surface area contributed by atoms with Gasteiger partial charge in [0.1, 0.15) is 12.5 Å². The number of nitrogens with two attached hydrogens (primary N) is 1. The molecule has 0 amide bonds. The highest BCUT2D eigenvalue weighted by Gasteiger charge is 2.30. The lowest BCUT2D eigenvalue weighted by Crippen LogP contribution is -2.40. The standard InChI is InChI=1S/C10H12BrF2NO.H2S/c11-7-1-2-9(13)8(5-7)10(14,6-12)3-4-15;/h1-2,5,15H,3-4,6,14H2;1H2/t10-;/m1./s1. The molecular formula is C10H14BrF2NOS. The van der Waals surface area contributed by atoms with Crippen molar-refractivity contribution in [2.45, 2.75) is 12.0 Å². The molecule has 0 radical (unpaired) electrons. The van der Waals surface area contributed by atoms with Gasteiger partial charge in [0.2, 0.25) is 0 Å². The van der Waals surface area contributed by atoms with Crippen molar-refractivity contribution in [3.63, 3.8) is 0 Å². The number of benzene rings is 1. The van der Waals surface area contributed by atoms with E-state index < -0.39 is 18.0 Å². The van der Waals surface area contributed by atoms with E-state index in [1.165, 1.54) is 18.2 Å². The minimum Gasteiger partial charge on any atom is -0.396 e. The Morgan fingerprint density at radius 2 is 2.06 bits per heavy atom. The number of hydrogen-bond acceptors (Lipinski definition) is 2. The van der Waals surface area contributed by atoms with Crippen LogP contribution in [0.2, 0.25) is 0 Å². The quantitative estimate of drug-likeness (QED) is 0.895. The van der Waals surface area contributed by atoms with E-state index in [-0.39, 0.29) is 32.1 Å². The Hall–Kier alpha value is -0.170. The summed E-state index contributed by atoms with van der Waals surface area (Å²) >= 11 is 3.16. The van der Waals surface area contributed by atoms with Crippen LogP contribution in [0.5, 0.6) is 0 Å². The molecule has 1 aromatic carbocycles. The minimum absolute atomic E-state index is 0. The van der Waals surface area contributed by atoms with E-state index in [1.807, 2.05) is 0 Å². The average molecular weight is 314 g/mol. The summed E-state index contributed by atoms with van der Waals surface area (Å²) in [5.41, 5.74) is 4.32. The van der Waals surface area contributed by atoms with Gasteiger partial charge in [-0.05, 0) is 24.6 Å². The Kier molecular flexibility index (Phi) is 6.47. The lowest BCUT2D eigenvalue weighted by molar-refractivity contribution is 0.206. The highest BCUT2D eigenvalue weighted by molar-refractivity contribution is 9.10. The van der Waals surface area contributed by atoms with Crippen molar-refractivity contribution in [2.75, 3.05) is 13.3 Å². The van der Waals surface area contributed by atoms with Gasteiger partial charge in [-0.25, -0.2) is 8.78 Å². The van der Waals surface area contributed by atoms with Gasteiger partial charge in [-0.3, -0.25) is 0 Å². The van der Waals surface area contributed by atoms with Crippen LogP contribution in [0.1, 0.15) is 12.0 Å². The molecule has 0 spiro atoms. The van der Waals surface area contributed by atoms with Crippen LogP contribution in [0.4, 0.5) is 8.78 Å². The van der Waals surface area contributed by atoms with Crippen molar-refractivity contribution in [3.05, 3.63) is 34.1 Å². The maximum absolute atomic E-state index is 13.4. The van der Waals surface area contributed by atoms with Crippen LogP contribution in [0, 0.1) is 5.82 Å². The smallest absolute Gasteiger partial charge is 0.128 e. The first-order valence-electron chi connectivity index (χ1n) is 4.45. The fourth-order valence-corrected chi connectivity index (χ4v) is 1.71.